The maximum atomic E-state index is 17.0. The predicted molar refractivity (Wildman–Crippen MR) is 188 cm³/mol. The fourth-order valence-electron chi connectivity index (χ4n) is 8.93. The van der Waals surface area contributed by atoms with Gasteiger partial charge >= 0.3 is 6.01 Å². The number of aromatic hydroxyl groups is 1. The Hall–Kier alpha value is -5.08. The number of pyridine rings is 1. The second-order valence-electron chi connectivity index (χ2n) is 14.2. The summed E-state index contributed by atoms with van der Waals surface area (Å²) < 4.78 is 38.4. The van der Waals surface area contributed by atoms with Gasteiger partial charge in [-0.25, -0.2) is 8.78 Å². The molecule has 11 heteroatoms. The first-order chi connectivity index (χ1) is 24.1. The first kappa shape index (κ1) is 32.1. The van der Waals surface area contributed by atoms with Crippen molar-refractivity contribution in [3.05, 3.63) is 72.5 Å². The maximum Gasteiger partial charge on any atom is 0.319 e. The van der Waals surface area contributed by atoms with Gasteiger partial charge in [-0.3, -0.25) is 14.7 Å². The third-order valence-corrected chi connectivity index (χ3v) is 11.2. The average molecular weight is 677 g/mol. The number of hydrogen-bond donors (Lipinski definition) is 1. The molecule has 2 aromatic carbocycles. The van der Waals surface area contributed by atoms with Crippen LogP contribution in [0.1, 0.15) is 50.5 Å². The van der Waals surface area contributed by atoms with E-state index in [0.29, 0.717) is 42.8 Å². The summed E-state index contributed by atoms with van der Waals surface area (Å²) in [5.74, 6) is 1.18. The van der Waals surface area contributed by atoms with E-state index in [1.165, 1.54) is 36.5 Å². The lowest BCUT2D eigenvalue weighted by Gasteiger charge is -2.44. The van der Waals surface area contributed by atoms with Gasteiger partial charge in [0, 0.05) is 43.3 Å². The van der Waals surface area contributed by atoms with Crippen molar-refractivity contribution in [2.24, 2.45) is 0 Å². The number of anilines is 1. The highest BCUT2D eigenvalue weighted by Gasteiger charge is 2.48. The van der Waals surface area contributed by atoms with Crippen LogP contribution >= 0.6 is 0 Å². The summed E-state index contributed by atoms with van der Waals surface area (Å²) in [5, 5.41) is 11.7. The molecular weight excluding hydrogens is 638 g/mol. The van der Waals surface area contributed by atoms with Gasteiger partial charge in [0.2, 0.25) is 5.91 Å². The minimum Gasteiger partial charge on any atom is -0.508 e. The van der Waals surface area contributed by atoms with Crippen LogP contribution in [0.5, 0.6) is 11.8 Å². The number of phenolic OH excluding ortho intramolecular Hbond substituents is 1. The van der Waals surface area contributed by atoms with Crippen molar-refractivity contribution in [3.8, 4) is 35.4 Å². The van der Waals surface area contributed by atoms with Crippen LogP contribution in [0.25, 0.3) is 32.9 Å². The summed E-state index contributed by atoms with van der Waals surface area (Å²) in [6.45, 7) is 11.8. The lowest BCUT2D eigenvalue weighted by Crippen LogP contribution is -2.55. The largest absolute Gasteiger partial charge is 0.508 e. The Balaban J connectivity index is 1.26. The molecule has 1 N–H and O–H groups in total. The lowest BCUT2D eigenvalue weighted by atomic mass is 9.85. The van der Waals surface area contributed by atoms with Gasteiger partial charge in [-0.05, 0) is 81.2 Å². The number of piperidine rings is 1. The molecule has 4 aromatic rings. The van der Waals surface area contributed by atoms with Gasteiger partial charge in [-0.2, -0.15) is 9.97 Å². The second-order valence-corrected chi connectivity index (χ2v) is 14.2. The third kappa shape index (κ3) is 5.07. The summed E-state index contributed by atoms with van der Waals surface area (Å²) in [5.41, 5.74) is 0.460. The summed E-state index contributed by atoms with van der Waals surface area (Å²) >= 11 is 0. The number of fused-ring (bicyclic) bond motifs is 3. The monoisotopic (exact) mass is 676 g/mol. The molecule has 2 atom stereocenters. The number of rotatable bonds is 6. The van der Waals surface area contributed by atoms with Crippen molar-refractivity contribution < 1.29 is 23.4 Å². The zero-order chi connectivity index (χ0) is 34.8. The number of phenols is 1. The highest BCUT2D eigenvalue weighted by Crippen LogP contribution is 2.44. The predicted octanol–water partition coefficient (Wildman–Crippen LogP) is 6.13. The van der Waals surface area contributed by atoms with E-state index in [9.17, 15) is 14.3 Å². The molecule has 1 amide bonds. The number of carbonyl (C=O) groups excluding carboxylic acids is 1. The van der Waals surface area contributed by atoms with Crippen LogP contribution in [0.3, 0.4) is 0 Å². The molecule has 1 spiro atoms. The Morgan fingerprint density at radius 2 is 1.98 bits per heavy atom. The topological polar surface area (TPSA) is 94.9 Å². The number of carbonyl (C=O) groups is 1. The zero-order valence-electron chi connectivity index (χ0n) is 27.9. The molecule has 6 heterocycles. The van der Waals surface area contributed by atoms with Crippen molar-refractivity contribution in [3.63, 3.8) is 0 Å². The first-order valence-corrected chi connectivity index (χ1v) is 17.2. The van der Waals surface area contributed by atoms with Crippen LogP contribution in [0, 0.1) is 24.0 Å². The number of hydrogen-bond acceptors (Lipinski definition) is 8. The van der Waals surface area contributed by atoms with Crippen molar-refractivity contribution in [2.45, 2.75) is 56.0 Å². The normalized spacial score (nSPS) is 23.6. The molecular formula is C39H38F2N6O3. The SMILES string of the molecule is C#Cc1c(F)ccc2cc(O)cc(-c3ncc4c(N5CC[C@@]6(CCCCN6C(=O)C=C)C5)nc(OC[C@@]56CCCN5CC(=C)C6)nc4c3F)c12. The van der Waals surface area contributed by atoms with E-state index in [-0.39, 0.29) is 50.9 Å². The molecule has 0 saturated carbocycles. The number of nitrogens with zero attached hydrogens (tertiary/aromatic N) is 6. The van der Waals surface area contributed by atoms with Crippen LogP contribution in [0.4, 0.5) is 14.6 Å². The molecule has 4 saturated heterocycles. The van der Waals surface area contributed by atoms with Gasteiger partial charge in [0.15, 0.2) is 5.82 Å². The Kier molecular flexibility index (Phi) is 7.75. The van der Waals surface area contributed by atoms with Gasteiger partial charge in [-0.15, -0.1) is 6.42 Å². The van der Waals surface area contributed by atoms with Crippen LogP contribution in [0.2, 0.25) is 0 Å². The Morgan fingerprint density at radius 1 is 1.12 bits per heavy atom. The van der Waals surface area contributed by atoms with Crippen molar-refractivity contribution in [1.29, 1.82) is 0 Å². The smallest absolute Gasteiger partial charge is 0.319 e. The Bertz CT molecular complexity index is 2150. The minimum atomic E-state index is -0.778. The highest BCUT2D eigenvalue weighted by atomic mass is 19.1. The molecule has 2 aromatic heterocycles. The number of aromatic nitrogens is 3. The number of terminal acetylenes is 1. The molecule has 4 fully saturated rings. The molecule has 0 radical (unpaired) electrons. The number of halogens is 2. The molecule has 0 unspecified atom stereocenters. The summed E-state index contributed by atoms with van der Waals surface area (Å²) in [6.07, 6.45) is 14.9. The lowest BCUT2D eigenvalue weighted by molar-refractivity contribution is -0.133. The number of ether oxygens (including phenoxy) is 1. The van der Waals surface area contributed by atoms with E-state index in [4.69, 9.17) is 16.1 Å². The van der Waals surface area contributed by atoms with E-state index < -0.39 is 17.2 Å². The Labute approximate surface area is 289 Å². The minimum absolute atomic E-state index is 0.0228. The fourth-order valence-corrected chi connectivity index (χ4v) is 8.93. The average Bonchev–Trinajstić information content (AvgIpc) is 3.79. The molecule has 256 valence electrons. The van der Waals surface area contributed by atoms with Crippen LogP contribution in [-0.2, 0) is 4.79 Å². The van der Waals surface area contributed by atoms with Crippen LogP contribution in [0.15, 0.2) is 55.3 Å². The van der Waals surface area contributed by atoms with E-state index in [1.54, 1.807) is 0 Å². The third-order valence-electron chi connectivity index (χ3n) is 11.2. The van der Waals surface area contributed by atoms with Crippen molar-refractivity contribution in [1.82, 2.24) is 24.8 Å². The molecule has 4 aliphatic rings. The quantitative estimate of drug-likeness (QED) is 0.148. The van der Waals surface area contributed by atoms with Gasteiger partial charge in [0.1, 0.15) is 35.2 Å². The van der Waals surface area contributed by atoms with Crippen molar-refractivity contribution >= 4 is 33.4 Å². The van der Waals surface area contributed by atoms with E-state index in [0.717, 1.165) is 63.6 Å². The highest BCUT2D eigenvalue weighted by molar-refractivity contribution is 6.03. The molecule has 4 aliphatic heterocycles. The van der Waals surface area contributed by atoms with Gasteiger partial charge in [0.25, 0.3) is 0 Å². The summed E-state index contributed by atoms with van der Waals surface area (Å²) in [7, 11) is 0. The van der Waals surface area contributed by atoms with Gasteiger partial charge in [-0.1, -0.05) is 30.7 Å². The molecule has 0 bridgehead atoms. The summed E-state index contributed by atoms with van der Waals surface area (Å²) in [6, 6.07) is 5.51. The number of likely N-dealkylation sites (tertiary alicyclic amines) is 1. The number of benzene rings is 2. The van der Waals surface area contributed by atoms with E-state index >= 15 is 4.39 Å². The molecule has 0 aliphatic carbocycles. The van der Waals surface area contributed by atoms with Gasteiger partial charge < -0.3 is 19.6 Å². The van der Waals surface area contributed by atoms with Crippen LogP contribution in [-0.4, -0.2) is 86.2 Å². The van der Waals surface area contributed by atoms with E-state index in [2.05, 4.69) is 38.8 Å². The first-order valence-electron chi connectivity index (χ1n) is 17.2. The standard InChI is InChI=1S/C39H38F2N6O3/c1-4-27-30(40)10-9-25-17-26(48)18-28(32(25)27)34-33(41)35-29(20-42-34)36(45-16-13-38(22-45)11-6-7-15-47(38)31(49)5-2)44-37(43-35)50-23-39-12-8-14-46(39)21-24(3)19-39/h1,5,9-10,17-18,20,48H,2-3,6-8,11-16,19,21-23H2/t38-,39-/m0/s1. The molecule has 50 heavy (non-hydrogen) atoms. The maximum absolute atomic E-state index is 17.0. The van der Waals surface area contributed by atoms with E-state index in [1.807, 2.05) is 4.90 Å². The zero-order valence-corrected chi connectivity index (χ0v) is 27.9. The van der Waals surface area contributed by atoms with Gasteiger partial charge in [0.05, 0.1) is 22.0 Å². The molecule has 8 rings (SSSR count). The number of amides is 1. The Morgan fingerprint density at radius 3 is 2.80 bits per heavy atom. The summed E-state index contributed by atoms with van der Waals surface area (Å²) in [4.78, 5) is 33.4. The van der Waals surface area contributed by atoms with Crippen molar-refractivity contribution in [2.75, 3.05) is 44.2 Å². The fraction of sp³-hybridized carbons (Fsp3) is 0.385. The van der Waals surface area contributed by atoms with Crippen LogP contribution < -0.4 is 9.64 Å². The molecule has 9 nitrogen and oxygen atoms in total. The second kappa shape index (κ2) is 12.1.